The number of methoxy groups -OCH3 is 2. The van der Waals surface area contributed by atoms with E-state index < -0.39 is 0 Å². The van der Waals surface area contributed by atoms with Crippen molar-refractivity contribution < 1.29 is 19.1 Å². The van der Waals surface area contributed by atoms with Crippen LogP contribution in [-0.2, 0) is 11.3 Å². The minimum absolute atomic E-state index is 0.225. The first kappa shape index (κ1) is 20.5. The average molecular weight is 484 g/mol. The lowest BCUT2D eigenvalue weighted by Gasteiger charge is -2.14. The summed E-state index contributed by atoms with van der Waals surface area (Å²) in [7, 11) is 3.08. The molecule has 0 radical (unpaired) electrons. The lowest BCUT2D eigenvalue weighted by atomic mass is 10.0. The Hall–Kier alpha value is -2.77. The number of nitrogens with zero attached hydrogens (tertiary/aromatic N) is 1. The third-order valence-electron chi connectivity index (χ3n) is 4.84. The second kappa shape index (κ2) is 8.53. The van der Waals surface area contributed by atoms with E-state index in [4.69, 9.17) is 9.47 Å². The van der Waals surface area contributed by atoms with Crippen LogP contribution in [-0.4, -0.2) is 30.3 Å². The van der Waals surface area contributed by atoms with Crippen LogP contribution in [0.3, 0.4) is 0 Å². The summed E-state index contributed by atoms with van der Waals surface area (Å²) >= 11 is 4.37. The largest absolute Gasteiger partial charge is 0.493 e. The first-order valence-corrected chi connectivity index (χ1v) is 10.8. The Labute approximate surface area is 186 Å². The highest BCUT2D eigenvalue weighted by molar-refractivity contribution is 9.10. The standard InChI is InChI=1S/C23H18BrNO4S/c1-28-19-12-17(24)10-16(21(19)29-2)11-20-22(26)25(23(27)30-20)13-15-8-5-7-14-6-3-4-9-18(14)15/h3-12H,13H2,1-2H3/b20-11+. The highest BCUT2D eigenvalue weighted by Crippen LogP contribution is 2.39. The van der Waals surface area contributed by atoms with Crippen LogP contribution < -0.4 is 9.47 Å². The van der Waals surface area contributed by atoms with Crippen molar-refractivity contribution in [1.82, 2.24) is 4.90 Å². The fourth-order valence-electron chi connectivity index (χ4n) is 3.44. The first-order chi connectivity index (χ1) is 14.5. The van der Waals surface area contributed by atoms with E-state index in [-0.39, 0.29) is 17.7 Å². The molecule has 1 heterocycles. The van der Waals surface area contributed by atoms with Crippen molar-refractivity contribution in [1.29, 1.82) is 0 Å². The molecule has 152 valence electrons. The van der Waals surface area contributed by atoms with E-state index in [0.717, 1.165) is 32.6 Å². The quantitative estimate of drug-likeness (QED) is 0.425. The number of hydrogen-bond acceptors (Lipinski definition) is 5. The summed E-state index contributed by atoms with van der Waals surface area (Å²) in [6, 6.07) is 17.4. The number of benzene rings is 3. The van der Waals surface area contributed by atoms with Gasteiger partial charge in [0, 0.05) is 10.0 Å². The second-order valence-electron chi connectivity index (χ2n) is 6.64. The molecule has 1 aliphatic heterocycles. The maximum Gasteiger partial charge on any atom is 0.293 e. The number of imide groups is 1. The van der Waals surface area contributed by atoms with E-state index in [1.54, 1.807) is 19.3 Å². The fraction of sp³-hybridized carbons (Fsp3) is 0.130. The summed E-state index contributed by atoms with van der Waals surface area (Å²) in [5.41, 5.74) is 1.58. The summed E-state index contributed by atoms with van der Waals surface area (Å²) in [5.74, 6) is 0.716. The molecule has 4 rings (SSSR count). The average Bonchev–Trinajstić information content (AvgIpc) is 3.01. The van der Waals surface area contributed by atoms with Gasteiger partial charge in [-0.1, -0.05) is 58.4 Å². The van der Waals surface area contributed by atoms with Crippen LogP contribution in [0.1, 0.15) is 11.1 Å². The van der Waals surface area contributed by atoms with Gasteiger partial charge in [-0.05, 0) is 46.3 Å². The summed E-state index contributed by atoms with van der Waals surface area (Å²) < 4.78 is 11.6. The molecule has 0 spiro atoms. The number of carbonyl (C=O) groups is 2. The number of thioether (sulfide) groups is 1. The van der Waals surface area contributed by atoms with Crippen LogP contribution in [0.15, 0.2) is 64.0 Å². The normalized spacial score (nSPS) is 15.3. The zero-order chi connectivity index (χ0) is 21.3. The van der Waals surface area contributed by atoms with Crippen molar-refractivity contribution >= 4 is 55.7 Å². The van der Waals surface area contributed by atoms with Crippen LogP contribution in [0.25, 0.3) is 16.8 Å². The van der Waals surface area contributed by atoms with Crippen molar-refractivity contribution in [3.05, 3.63) is 75.1 Å². The van der Waals surface area contributed by atoms with E-state index in [9.17, 15) is 9.59 Å². The van der Waals surface area contributed by atoms with Crippen molar-refractivity contribution in [2.24, 2.45) is 0 Å². The van der Waals surface area contributed by atoms with E-state index in [2.05, 4.69) is 15.9 Å². The first-order valence-electron chi connectivity index (χ1n) is 9.15. The Balaban J connectivity index is 1.67. The zero-order valence-corrected chi connectivity index (χ0v) is 18.7. The number of amides is 2. The van der Waals surface area contributed by atoms with Gasteiger partial charge in [-0.3, -0.25) is 14.5 Å². The highest BCUT2D eigenvalue weighted by Gasteiger charge is 2.35. The van der Waals surface area contributed by atoms with Gasteiger partial charge in [0.15, 0.2) is 11.5 Å². The summed E-state index contributed by atoms with van der Waals surface area (Å²) in [6.07, 6.45) is 1.67. The van der Waals surface area contributed by atoms with Crippen LogP contribution in [0, 0.1) is 0 Å². The fourth-order valence-corrected chi connectivity index (χ4v) is 4.73. The second-order valence-corrected chi connectivity index (χ2v) is 8.55. The van der Waals surface area contributed by atoms with E-state index >= 15 is 0 Å². The summed E-state index contributed by atoms with van der Waals surface area (Å²) in [5, 5.41) is 1.81. The van der Waals surface area contributed by atoms with Crippen LogP contribution in [0.5, 0.6) is 11.5 Å². The molecular weight excluding hydrogens is 466 g/mol. The van der Waals surface area contributed by atoms with Gasteiger partial charge in [-0.15, -0.1) is 0 Å². The number of ether oxygens (including phenoxy) is 2. The molecule has 0 atom stereocenters. The number of halogens is 1. The molecule has 1 fully saturated rings. The molecule has 3 aromatic carbocycles. The Kier molecular flexibility index (Phi) is 5.83. The van der Waals surface area contributed by atoms with Crippen molar-refractivity contribution in [2.45, 2.75) is 6.54 Å². The molecule has 0 N–H and O–H groups in total. The Bertz CT molecular complexity index is 1190. The van der Waals surface area contributed by atoms with Crippen LogP contribution >= 0.6 is 27.7 Å². The van der Waals surface area contributed by atoms with Gasteiger partial charge >= 0.3 is 0 Å². The molecule has 2 amide bonds. The lowest BCUT2D eigenvalue weighted by molar-refractivity contribution is -0.123. The van der Waals surface area contributed by atoms with Crippen molar-refractivity contribution in [3.8, 4) is 11.5 Å². The van der Waals surface area contributed by atoms with Crippen LogP contribution in [0.4, 0.5) is 4.79 Å². The van der Waals surface area contributed by atoms with Gasteiger partial charge in [0.2, 0.25) is 0 Å². The topological polar surface area (TPSA) is 55.8 Å². The Morgan fingerprint density at radius 3 is 2.57 bits per heavy atom. The number of hydrogen-bond donors (Lipinski definition) is 0. The molecule has 5 nitrogen and oxygen atoms in total. The maximum absolute atomic E-state index is 13.0. The van der Waals surface area contributed by atoms with Gasteiger partial charge < -0.3 is 9.47 Å². The lowest BCUT2D eigenvalue weighted by Crippen LogP contribution is -2.27. The maximum atomic E-state index is 13.0. The van der Waals surface area contributed by atoms with Gasteiger partial charge in [-0.2, -0.15) is 0 Å². The Morgan fingerprint density at radius 1 is 1.03 bits per heavy atom. The predicted molar refractivity (Wildman–Crippen MR) is 123 cm³/mol. The number of rotatable bonds is 5. The van der Waals surface area contributed by atoms with Gasteiger partial charge in [-0.25, -0.2) is 0 Å². The SMILES string of the molecule is COc1cc(Br)cc(/C=C2/SC(=O)N(Cc3cccc4ccccc34)C2=O)c1OC. The number of carbonyl (C=O) groups excluding carboxylic acids is 2. The smallest absolute Gasteiger partial charge is 0.293 e. The van der Waals surface area contributed by atoms with E-state index in [0.29, 0.717) is 22.0 Å². The molecule has 1 saturated heterocycles. The summed E-state index contributed by atoms with van der Waals surface area (Å²) in [4.78, 5) is 27.3. The molecule has 0 bridgehead atoms. The van der Waals surface area contributed by atoms with Crippen molar-refractivity contribution in [2.75, 3.05) is 14.2 Å². The molecule has 0 saturated carbocycles. The third kappa shape index (κ3) is 3.82. The Morgan fingerprint density at radius 2 is 1.80 bits per heavy atom. The van der Waals surface area contributed by atoms with Gasteiger partial charge in [0.05, 0.1) is 25.7 Å². The molecule has 0 unspecified atom stereocenters. The minimum Gasteiger partial charge on any atom is -0.493 e. The third-order valence-corrected chi connectivity index (χ3v) is 6.21. The minimum atomic E-state index is -0.320. The summed E-state index contributed by atoms with van der Waals surface area (Å²) in [6.45, 7) is 0.225. The molecule has 0 aromatic heterocycles. The van der Waals surface area contributed by atoms with Gasteiger partial charge in [0.1, 0.15) is 0 Å². The molecular formula is C23H18BrNO4S. The molecule has 3 aromatic rings. The molecule has 30 heavy (non-hydrogen) atoms. The number of fused-ring (bicyclic) bond motifs is 1. The van der Waals surface area contributed by atoms with Gasteiger partial charge in [0.25, 0.3) is 11.1 Å². The predicted octanol–water partition coefficient (Wildman–Crippen LogP) is 5.86. The van der Waals surface area contributed by atoms with E-state index in [1.165, 1.54) is 12.0 Å². The van der Waals surface area contributed by atoms with Crippen molar-refractivity contribution in [3.63, 3.8) is 0 Å². The van der Waals surface area contributed by atoms with E-state index in [1.807, 2.05) is 48.5 Å². The monoisotopic (exact) mass is 483 g/mol. The molecule has 0 aliphatic carbocycles. The zero-order valence-electron chi connectivity index (χ0n) is 16.3. The molecule has 1 aliphatic rings. The molecule has 7 heteroatoms. The van der Waals surface area contributed by atoms with Crippen LogP contribution in [0.2, 0.25) is 0 Å². The highest BCUT2D eigenvalue weighted by atomic mass is 79.9.